The van der Waals surface area contributed by atoms with Crippen molar-refractivity contribution in [2.75, 3.05) is 30.3 Å². The van der Waals surface area contributed by atoms with E-state index in [0.29, 0.717) is 25.7 Å². The van der Waals surface area contributed by atoms with Crippen molar-refractivity contribution in [2.45, 2.75) is 139 Å². The first-order valence-corrected chi connectivity index (χ1v) is 21.4. The SMILES string of the molecule is C=CCNC(=O)C(=O)[C@@H](CCC)NC(=O)[C@@H]1CC2(CN1C(=O)[C@@H](NC(=O)NC1(CS(=O)(=O)C(C)(C)C)CCCCC1)C(C)(C)C)SCCCS2. The molecule has 50 heavy (non-hydrogen) atoms. The topological polar surface area (TPSA) is 171 Å². The van der Waals surface area contributed by atoms with Gasteiger partial charge < -0.3 is 26.2 Å². The van der Waals surface area contributed by atoms with E-state index in [1.54, 1.807) is 44.3 Å². The van der Waals surface area contributed by atoms with Crippen LogP contribution in [0.25, 0.3) is 0 Å². The number of rotatable bonds is 13. The van der Waals surface area contributed by atoms with E-state index in [4.69, 9.17) is 0 Å². The van der Waals surface area contributed by atoms with E-state index >= 15 is 0 Å². The predicted octanol–water partition coefficient (Wildman–Crippen LogP) is 3.94. The minimum absolute atomic E-state index is 0.113. The summed E-state index contributed by atoms with van der Waals surface area (Å²) in [7, 11) is -3.57. The van der Waals surface area contributed by atoms with Gasteiger partial charge in [0.25, 0.3) is 5.91 Å². The molecule has 1 aliphatic carbocycles. The number of ketones is 1. The molecule has 5 amide bonds. The van der Waals surface area contributed by atoms with Crippen LogP contribution in [0, 0.1) is 5.41 Å². The highest BCUT2D eigenvalue weighted by Gasteiger charge is 2.53. The molecule has 0 bridgehead atoms. The molecule has 3 rings (SSSR count). The Morgan fingerprint density at radius 3 is 2.12 bits per heavy atom. The number of thioether (sulfide) groups is 2. The van der Waals surface area contributed by atoms with Gasteiger partial charge in [0.2, 0.25) is 17.6 Å². The van der Waals surface area contributed by atoms with Crippen molar-refractivity contribution >= 4 is 62.9 Å². The van der Waals surface area contributed by atoms with Crippen LogP contribution in [0.3, 0.4) is 0 Å². The van der Waals surface area contributed by atoms with Crippen LogP contribution < -0.4 is 21.3 Å². The molecule has 1 saturated carbocycles. The van der Waals surface area contributed by atoms with E-state index in [1.165, 1.54) is 11.0 Å². The van der Waals surface area contributed by atoms with Crippen LogP contribution in [0.1, 0.15) is 106 Å². The third-order valence-corrected chi connectivity index (χ3v) is 15.8. The average Bonchev–Trinajstić information content (AvgIpc) is 3.39. The fourth-order valence-electron chi connectivity index (χ4n) is 6.70. The second-order valence-corrected chi connectivity index (χ2v) is 21.9. The van der Waals surface area contributed by atoms with E-state index < -0.39 is 77.3 Å². The molecule has 3 aliphatic rings. The summed E-state index contributed by atoms with van der Waals surface area (Å²) in [5.41, 5.74) is -1.74. The van der Waals surface area contributed by atoms with Crippen LogP contribution in [0.2, 0.25) is 0 Å². The van der Waals surface area contributed by atoms with Gasteiger partial charge in [0, 0.05) is 19.5 Å². The lowest BCUT2D eigenvalue weighted by Crippen LogP contribution is -2.63. The zero-order valence-corrected chi connectivity index (χ0v) is 33.4. The highest BCUT2D eigenvalue weighted by atomic mass is 32.2. The van der Waals surface area contributed by atoms with Crippen molar-refractivity contribution in [1.82, 2.24) is 26.2 Å². The van der Waals surface area contributed by atoms with Crippen molar-refractivity contribution in [3.63, 3.8) is 0 Å². The summed E-state index contributed by atoms with van der Waals surface area (Å²) >= 11 is 3.44. The fourth-order valence-corrected chi connectivity index (χ4v) is 11.6. The van der Waals surface area contributed by atoms with E-state index in [1.807, 2.05) is 27.7 Å². The summed E-state index contributed by atoms with van der Waals surface area (Å²) in [6, 6.07) is -3.67. The number of amides is 5. The van der Waals surface area contributed by atoms with Gasteiger partial charge in [0.1, 0.15) is 12.1 Å². The van der Waals surface area contributed by atoms with E-state index in [0.717, 1.165) is 37.2 Å². The summed E-state index contributed by atoms with van der Waals surface area (Å²) in [4.78, 5) is 69.6. The fraction of sp³-hybridized carbons (Fsp3) is 0.800. The third-order valence-electron chi connectivity index (χ3n) is 9.71. The van der Waals surface area contributed by atoms with Crippen LogP contribution >= 0.6 is 23.5 Å². The third kappa shape index (κ3) is 10.6. The Labute approximate surface area is 307 Å². The first-order valence-electron chi connectivity index (χ1n) is 17.8. The number of nitrogens with zero attached hydrogens (tertiary/aromatic N) is 1. The van der Waals surface area contributed by atoms with E-state index in [-0.39, 0.29) is 25.3 Å². The molecule has 284 valence electrons. The predicted molar refractivity (Wildman–Crippen MR) is 202 cm³/mol. The van der Waals surface area contributed by atoms with Gasteiger partial charge in [-0.3, -0.25) is 19.2 Å². The number of carbonyl (C=O) groups excluding carboxylic acids is 5. The Morgan fingerprint density at radius 1 is 0.960 bits per heavy atom. The molecular formula is C35H59N5O7S3. The molecule has 2 aliphatic heterocycles. The molecule has 1 spiro atoms. The molecule has 15 heteroatoms. The molecule has 2 saturated heterocycles. The smallest absolute Gasteiger partial charge is 0.315 e. The lowest BCUT2D eigenvalue weighted by Gasteiger charge is -2.41. The second kappa shape index (κ2) is 17.0. The number of hydrogen-bond acceptors (Lipinski definition) is 9. The van der Waals surface area contributed by atoms with Gasteiger partial charge in [-0.2, -0.15) is 0 Å². The minimum Gasteiger partial charge on any atom is -0.346 e. The van der Waals surface area contributed by atoms with Gasteiger partial charge in [0.15, 0.2) is 9.84 Å². The van der Waals surface area contributed by atoms with Crippen LogP contribution in [0.15, 0.2) is 12.7 Å². The van der Waals surface area contributed by atoms with Crippen molar-refractivity contribution in [3.05, 3.63) is 12.7 Å². The molecule has 12 nitrogen and oxygen atoms in total. The van der Waals surface area contributed by atoms with Crippen LogP contribution in [-0.4, -0.2) is 106 Å². The summed E-state index contributed by atoms with van der Waals surface area (Å²) < 4.78 is 25.3. The monoisotopic (exact) mass is 757 g/mol. The van der Waals surface area contributed by atoms with Crippen molar-refractivity contribution in [1.29, 1.82) is 0 Å². The van der Waals surface area contributed by atoms with E-state index in [2.05, 4.69) is 27.8 Å². The Morgan fingerprint density at radius 2 is 1.58 bits per heavy atom. The van der Waals surface area contributed by atoms with Gasteiger partial charge >= 0.3 is 6.03 Å². The number of likely N-dealkylation sites (tertiary alicyclic amines) is 1. The first kappa shape index (κ1) is 42.2. The van der Waals surface area contributed by atoms with Crippen LogP contribution in [0.4, 0.5) is 4.79 Å². The van der Waals surface area contributed by atoms with Crippen molar-refractivity contribution in [3.8, 4) is 0 Å². The van der Waals surface area contributed by atoms with Crippen molar-refractivity contribution < 1.29 is 32.4 Å². The molecule has 3 fully saturated rings. The number of nitrogens with one attached hydrogen (secondary N) is 4. The summed E-state index contributed by atoms with van der Waals surface area (Å²) in [6.07, 6.45) is 7.14. The van der Waals surface area contributed by atoms with E-state index in [9.17, 15) is 32.4 Å². The molecular weight excluding hydrogens is 699 g/mol. The maximum Gasteiger partial charge on any atom is 0.315 e. The van der Waals surface area contributed by atoms with Gasteiger partial charge in [0.05, 0.1) is 26.2 Å². The van der Waals surface area contributed by atoms with Gasteiger partial charge in [-0.1, -0.05) is 59.5 Å². The maximum absolute atomic E-state index is 14.6. The Balaban J connectivity index is 1.90. The normalized spacial score (nSPS) is 21.8. The molecule has 4 N–H and O–H groups in total. The number of carbonyl (C=O) groups is 5. The summed E-state index contributed by atoms with van der Waals surface area (Å²) in [5.74, 6) is -0.953. The maximum atomic E-state index is 14.6. The van der Waals surface area contributed by atoms with Gasteiger partial charge in [-0.25, -0.2) is 13.2 Å². The molecule has 0 aromatic carbocycles. The van der Waals surface area contributed by atoms with Crippen LogP contribution in [-0.2, 0) is 29.0 Å². The zero-order chi connectivity index (χ0) is 37.5. The molecule has 0 unspecified atom stereocenters. The highest BCUT2D eigenvalue weighted by Crippen LogP contribution is 2.50. The van der Waals surface area contributed by atoms with Gasteiger partial charge in [-0.05, 0) is 63.4 Å². The number of hydrogen-bond donors (Lipinski definition) is 4. The van der Waals surface area contributed by atoms with Crippen LogP contribution in [0.5, 0.6) is 0 Å². The lowest BCUT2D eigenvalue weighted by atomic mass is 9.83. The first-order chi connectivity index (χ1) is 23.2. The standard InChI is InChI=1S/C35H59N5O7S3/c1-9-15-24(26(41)29(43)36-18-10-2)37-28(42)25-21-35(48-19-14-20-49-35)22-40(25)30(44)27(32(3,4)5)38-31(45)39-34(16-12-11-13-17-34)23-50(46,47)33(6,7)8/h10,24-25,27H,2,9,11-23H2,1,3-8H3,(H,36,43)(H,37,42)(H2,38,39,45)/t24-,25+,27-/m1/s1. The Hall–Kier alpha value is -2.26. The molecule has 0 radical (unpaired) electrons. The summed E-state index contributed by atoms with van der Waals surface area (Å²) in [5, 5.41) is 11.2. The minimum atomic E-state index is -3.57. The lowest BCUT2D eigenvalue weighted by molar-refractivity contribution is -0.143. The van der Waals surface area contributed by atoms with Gasteiger partial charge in [-0.15, -0.1) is 30.1 Å². The largest absolute Gasteiger partial charge is 0.346 e. The zero-order valence-electron chi connectivity index (χ0n) is 30.9. The molecule has 3 atom stereocenters. The average molecular weight is 758 g/mol. The quantitative estimate of drug-likeness (QED) is 0.161. The number of sulfone groups is 1. The number of Topliss-reactive ketones (excluding diaryl/α,β-unsaturated/α-hetero) is 1. The Bertz CT molecular complexity index is 1380. The second-order valence-electron chi connectivity index (χ2n) is 16.0. The van der Waals surface area contributed by atoms with Crippen molar-refractivity contribution in [2.24, 2.45) is 5.41 Å². The molecule has 0 aromatic rings. The Kier molecular flexibility index (Phi) is 14.4. The summed E-state index contributed by atoms with van der Waals surface area (Å²) in [6.45, 7) is 16.3. The molecule has 0 aromatic heterocycles. The highest BCUT2D eigenvalue weighted by molar-refractivity contribution is 8.18. The molecule has 2 heterocycles. The number of urea groups is 1.